The second-order valence-corrected chi connectivity index (χ2v) is 5.14. The van der Waals surface area contributed by atoms with Gasteiger partial charge in [-0.3, -0.25) is 4.99 Å². The van der Waals surface area contributed by atoms with E-state index in [0.717, 1.165) is 32.1 Å². The van der Waals surface area contributed by atoms with Crippen molar-refractivity contribution in [3.8, 4) is 12.3 Å². The van der Waals surface area contributed by atoms with Gasteiger partial charge in [0, 0.05) is 26.8 Å². The third kappa shape index (κ3) is 5.52. The Bertz CT molecular complexity index is 314. The van der Waals surface area contributed by atoms with E-state index >= 15 is 0 Å². The molecule has 0 aromatic carbocycles. The number of hydrogen-bond donors (Lipinski definition) is 2. The van der Waals surface area contributed by atoms with E-state index in [1.54, 1.807) is 7.05 Å². The molecule has 0 radical (unpaired) electrons. The molecule has 4 nitrogen and oxygen atoms in total. The molecule has 0 aliphatic heterocycles. The van der Waals surface area contributed by atoms with Gasteiger partial charge >= 0.3 is 0 Å². The second-order valence-electron chi connectivity index (χ2n) is 5.14. The fourth-order valence-corrected chi connectivity index (χ4v) is 2.70. The van der Waals surface area contributed by atoms with Crippen molar-refractivity contribution >= 4 is 5.96 Å². The molecule has 0 bridgehead atoms. The van der Waals surface area contributed by atoms with Crippen LogP contribution in [0.1, 0.15) is 39.0 Å². The Morgan fingerprint density at radius 3 is 2.68 bits per heavy atom. The van der Waals surface area contributed by atoms with E-state index in [1.165, 1.54) is 25.7 Å². The maximum absolute atomic E-state index is 5.52. The van der Waals surface area contributed by atoms with Gasteiger partial charge in [-0.05, 0) is 31.6 Å². The van der Waals surface area contributed by atoms with E-state index in [4.69, 9.17) is 11.2 Å². The average Bonchev–Trinajstić information content (AvgIpc) is 2.89. The van der Waals surface area contributed by atoms with Crippen molar-refractivity contribution in [2.24, 2.45) is 10.4 Å². The number of nitrogens with one attached hydrogen (secondary N) is 2. The molecule has 19 heavy (non-hydrogen) atoms. The van der Waals surface area contributed by atoms with E-state index in [9.17, 15) is 0 Å². The maximum Gasteiger partial charge on any atom is 0.191 e. The lowest BCUT2D eigenvalue weighted by molar-refractivity contribution is 0.105. The van der Waals surface area contributed by atoms with Crippen LogP contribution in [0.5, 0.6) is 0 Å². The molecule has 0 spiro atoms. The van der Waals surface area contributed by atoms with Gasteiger partial charge in [-0.2, -0.15) is 0 Å². The zero-order valence-corrected chi connectivity index (χ0v) is 12.3. The first-order chi connectivity index (χ1) is 9.26. The van der Waals surface area contributed by atoms with Crippen LogP contribution < -0.4 is 10.6 Å². The third-order valence-electron chi connectivity index (χ3n) is 3.86. The highest BCUT2D eigenvalue weighted by molar-refractivity contribution is 5.79. The van der Waals surface area contributed by atoms with Gasteiger partial charge in [0.15, 0.2) is 5.96 Å². The first-order valence-corrected chi connectivity index (χ1v) is 7.22. The van der Waals surface area contributed by atoms with Gasteiger partial charge < -0.3 is 15.4 Å². The topological polar surface area (TPSA) is 45.7 Å². The highest BCUT2D eigenvalue weighted by Gasteiger charge is 2.33. The number of terminal acetylenes is 1. The Morgan fingerprint density at radius 1 is 1.37 bits per heavy atom. The third-order valence-corrected chi connectivity index (χ3v) is 3.86. The molecular weight excluding hydrogens is 238 g/mol. The van der Waals surface area contributed by atoms with Crippen LogP contribution in [0.15, 0.2) is 4.99 Å². The minimum Gasteiger partial charge on any atom is -0.382 e. The summed E-state index contributed by atoms with van der Waals surface area (Å²) in [6.07, 6.45) is 11.6. The normalized spacial score (nSPS) is 18.1. The maximum atomic E-state index is 5.52. The van der Waals surface area contributed by atoms with Gasteiger partial charge in [-0.1, -0.05) is 18.8 Å². The van der Waals surface area contributed by atoms with E-state index < -0.39 is 0 Å². The molecule has 108 valence electrons. The van der Waals surface area contributed by atoms with Gasteiger partial charge in [0.1, 0.15) is 0 Å². The van der Waals surface area contributed by atoms with Crippen molar-refractivity contribution in [2.45, 2.75) is 39.0 Å². The average molecular weight is 265 g/mol. The van der Waals surface area contributed by atoms with Crippen LogP contribution in [0.4, 0.5) is 0 Å². The molecule has 1 fully saturated rings. The summed E-state index contributed by atoms with van der Waals surface area (Å²) in [7, 11) is 1.77. The van der Waals surface area contributed by atoms with Gasteiger partial charge in [0.05, 0.1) is 6.54 Å². The van der Waals surface area contributed by atoms with Crippen LogP contribution in [0.25, 0.3) is 0 Å². The molecule has 0 aromatic rings. The van der Waals surface area contributed by atoms with E-state index in [-0.39, 0.29) is 0 Å². The van der Waals surface area contributed by atoms with Crippen molar-refractivity contribution in [1.82, 2.24) is 10.6 Å². The predicted molar refractivity (Wildman–Crippen MR) is 80.2 cm³/mol. The number of guanidine groups is 1. The molecule has 1 aliphatic carbocycles. The SMILES string of the molecule is C#CCNC(=NC)NCC1(CCOCC)CCCC1. The van der Waals surface area contributed by atoms with E-state index in [1.807, 2.05) is 6.92 Å². The smallest absolute Gasteiger partial charge is 0.191 e. The van der Waals surface area contributed by atoms with Crippen LogP contribution in [0.3, 0.4) is 0 Å². The van der Waals surface area contributed by atoms with Crippen molar-refractivity contribution in [3.05, 3.63) is 0 Å². The molecule has 1 aliphatic rings. The number of rotatable bonds is 7. The van der Waals surface area contributed by atoms with Crippen LogP contribution in [0, 0.1) is 17.8 Å². The summed E-state index contributed by atoms with van der Waals surface area (Å²) >= 11 is 0. The molecule has 0 heterocycles. The summed E-state index contributed by atoms with van der Waals surface area (Å²) in [5.74, 6) is 3.35. The van der Waals surface area contributed by atoms with Crippen molar-refractivity contribution in [2.75, 3.05) is 33.4 Å². The van der Waals surface area contributed by atoms with Gasteiger partial charge in [-0.15, -0.1) is 6.42 Å². The lowest BCUT2D eigenvalue weighted by Crippen LogP contribution is -2.43. The second kappa shape index (κ2) is 8.82. The predicted octanol–water partition coefficient (Wildman–Crippen LogP) is 1.77. The van der Waals surface area contributed by atoms with Gasteiger partial charge in [0.2, 0.25) is 0 Å². The summed E-state index contributed by atoms with van der Waals surface area (Å²) in [5, 5.41) is 6.50. The zero-order chi connectivity index (χ0) is 14.0. The van der Waals surface area contributed by atoms with Crippen molar-refractivity contribution < 1.29 is 4.74 Å². The molecule has 0 amide bonds. The molecular formula is C15H27N3O. The Labute approximate surface area is 117 Å². The fraction of sp³-hybridized carbons (Fsp3) is 0.800. The fourth-order valence-electron chi connectivity index (χ4n) is 2.70. The molecule has 0 atom stereocenters. The summed E-state index contributed by atoms with van der Waals surface area (Å²) in [4.78, 5) is 4.18. The molecule has 2 N–H and O–H groups in total. The summed E-state index contributed by atoms with van der Waals surface area (Å²) < 4.78 is 5.52. The zero-order valence-electron chi connectivity index (χ0n) is 12.3. The first kappa shape index (κ1) is 15.8. The lowest BCUT2D eigenvalue weighted by atomic mass is 9.83. The molecule has 0 saturated heterocycles. The van der Waals surface area contributed by atoms with E-state index in [0.29, 0.717) is 12.0 Å². The van der Waals surface area contributed by atoms with Crippen molar-refractivity contribution in [1.29, 1.82) is 0 Å². The monoisotopic (exact) mass is 265 g/mol. The highest BCUT2D eigenvalue weighted by Crippen LogP contribution is 2.40. The molecule has 1 rings (SSSR count). The largest absolute Gasteiger partial charge is 0.382 e. The standard InChI is InChI=1S/C15H27N3O/c1-4-11-17-14(16-3)18-13-15(8-6-7-9-15)10-12-19-5-2/h1H,5-13H2,2-3H3,(H2,16,17,18). The minimum atomic E-state index is 0.364. The minimum absolute atomic E-state index is 0.364. The van der Waals surface area contributed by atoms with Crippen LogP contribution >= 0.6 is 0 Å². The van der Waals surface area contributed by atoms with E-state index in [2.05, 4.69) is 21.5 Å². The molecule has 0 aromatic heterocycles. The van der Waals surface area contributed by atoms with Crippen LogP contribution in [0.2, 0.25) is 0 Å². The van der Waals surface area contributed by atoms with Crippen molar-refractivity contribution in [3.63, 3.8) is 0 Å². The Morgan fingerprint density at radius 2 is 2.11 bits per heavy atom. The summed E-state index contributed by atoms with van der Waals surface area (Å²) in [6, 6.07) is 0. The number of hydrogen-bond acceptors (Lipinski definition) is 2. The first-order valence-electron chi connectivity index (χ1n) is 7.22. The number of nitrogens with zero attached hydrogens (tertiary/aromatic N) is 1. The Kier molecular flexibility index (Phi) is 7.35. The summed E-state index contributed by atoms with van der Waals surface area (Å²) in [6.45, 7) is 5.16. The van der Waals surface area contributed by atoms with Crippen LogP contribution in [-0.2, 0) is 4.74 Å². The summed E-state index contributed by atoms with van der Waals surface area (Å²) in [5.41, 5.74) is 0.364. The van der Waals surface area contributed by atoms with Gasteiger partial charge in [0.25, 0.3) is 0 Å². The Hall–Kier alpha value is -1.21. The van der Waals surface area contributed by atoms with Gasteiger partial charge in [-0.25, -0.2) is 0 Å². The quantitative estimate of drug-likeness (QED) is 0.319. The number of aliphatic imine (C=N–C) groups is 1. The molecule has 0 unspecified atom stereocenters. The lowest BCUT2D eigenvalue weighted by Gasteiger charge is -2.30. The molecule has 4 heteroatoms. The molecule has 1 saturated carbocycles. The number of ether oxygens (including phenoxy) is 1. The highest BCUT2D eigenvalue weighted by atomic mass is 16.5. The Balaban J connectivity index is 2.42. The van der Waals surface area contributed by atoms with Crippen LogP contribution in [-0.4, -0.2) is 39.3 Å².